The minimum atomic E-state index is 1.09. The molecule has 30 heavy (non-hydrogen) atoms. The van der Waals surface area contributed by atoms with Gasteiger partial charge >= 0.3 is 0 Å². The summed E-state index contributed by atoms with van der Waals surface area (Å²) in [6.07, 6.45) is 0. The van der Waals surface area contributed by atoms with E-state index in [4.69, 9.17) is 0 Å². The first-order valence-electron chi connectivity index (χ1n) is 10.0. The van der Waals surface area contributed by atoms with Crippen molar-refractivity contribution in [3.05, 3.63) is 121 Å². The molecule has 144 valence electrons. The standard InChI is InChI=1S/C28H21NS/c1-3-9-21(10-4-1)22-15-17-24(18-16-22)29-26-14-8-7-13-25(26)28-20-19-27(30-28)23-11-5-2-6-12-23/h1-20,29H. The molecule has 0 fully saturated rings. The van der Waals surface area contributed by atoms with Crippen LogP contribution in [-0.4, -0.2) is 0 Å². The molecule has 0 saturated carbocycles. The van der Waals surface area contributed by atoms with Crippen LogP contribution in [0, 0.1) is 0 Å². The van der Waals surface area contributed by atoms with Crippen LogP contribution in [-0.2, 0) is 0 Å². The molecule has 2 heteroatoms. The first-order chi connectivity index (χ1) is 14.9. The third-order valence-corrected chi connectivity index (χ3v) is 6.30. The van der Waals surface area contributed by atoms with Gasteiger partial charge < -0.3 is 5.32 Å². The summed E-state index contributed by atoms with van der Waals surface area (Å²) < 4.78 is 0. The molecule has 0 aliphatic rings. The molecule has 4 aromatic carbocycles. The first-order valence-corrected chi connectivity index (χ1v) is 10.9. The Morgan fingerprint density at radius 2 is 1.00 bits per heavy atom. The minimum Gasteiger partial charge on any atom is -0.355 e. The van der Waals surface area contributed by atoms with Crippen LogP contribution in [0.4, 0.5) is 11.4 Å². The van der Waals surface area contributed by atoms with Gasteiger partial charge in [-0.2, -0.15) is 0 Å². The predicted octanol–water partition coefficient (Wildman–Crippen LogP) is 8.49. The number of nitrogens with one attached hydrogen (secondary N) is 1. The fourth-order valence-electron chi connectivity index (χ4n) is 3.58. The van der Waals surface area contributed by atoms with Crippen molar-refractivity contribution in [2.24, 2.45) is 0 Å². The van der Waals surface area contributed by atoms with Crippen molar-refractivity contribution >= 4 is 22.7 Å². The summed E-state index contributed by atoms with van der Waals surface area (Å²) in [4.78, 5) is 2.55. The summed E-state index contributed by atoms with van der Waals surface area (Å²) >= 11 is 1.82. The Morgan fingerprint density at radius 1 is 0.433 bits per heavy atom. The van der Waals surface area contributed by atoms with Gasteiger partial charge in [0.05, 0.1) is 0 Å². The number of para-hydroxylation sites is 1. The number of benzene rings is 4. The van der Waals surface area contributed by atoms with Crippen LogP contribution >= 0.6 is 11.3 Å². The Hall–Kier alpha value is -3.62. The highest BCUT2D eigenvalue weighted by atomic mass is 32.1. The summed E-state index contributed by atoms with van der Waals surface area (Å²) in [6.45, 7) is 0. The van der Waals surface area contributed by atoms with Gasteiger partial charge in [0, 0.05) is 26.7 Å². The van der Waals surface area contributed by atoms with Crippen LogP contribution < -0.4 is 5.32 Å². The van der Waals surface area contributed by atoms with Crippen LogP contribution in [0.25, 0.3) is 32.0 Å². The molecule has 0 amide bonds. The molecule has 1 aromatic heterocycles. The van der Waals surface area contributed by atoms with Crippen molar-refractivity contribution in [2.45, 2.75) is 0 Å². The molecule has 0 aliphatic carbocycles. The quantitative estimate of drug-likeness (QED) is 0.310. The SMILES string of the molecule is c1ccc(-c2ccc(Nc3ccccc3-c3ccc(-c4ccccc4)s3)cc2)cc1. The Bertz CT molecular complexity index is 1240. The highest BCUT2D eigenvalue weighted by molar-refractivity contribution is 7.18. The highest BCUT2D eigenvalue weighted by Gasteiger charge is 2.09. The maximum atomic E-state index is 3.61. The van der Waals surface area contributed by atoms with Gasteiger partial charge in [-0.25, -0.2) is 0 Å². The van der Waals surface area contributed by atoms with Crippen LogP contribution in [0.2, 0.25) is 0 Å². The molecule has 1 heterocycles. The van der Waals surface area contributed by atoms with Crippen LogP contribution in [0.5, 0.6) is 0 Å². The van der Waals surface area contributed by atoms with Gasteiger partial charge in [0.25, 0.3) is 0 Å². The van der Waals surface area contributed by atoms with Crippen molar-refractivity contribution in [1.82, 2.24) is 0 Å². The lowest BCUT2D eigenvalue weighted by molar-refractivity contribution is 1.54. The van der Waals surface area contributed by atoms with Gasteiger partial charge in [0.1, 0.15) is 0 Å². The fraction of sp³-hybridized carbons (Fsp3) is 0. The average Bonchev–Trinajstić information content (AvgIpc) is 3.31. The van der Waals surface area contributed by atoms with E-state index in [1.54, 1.807) is 0 Å². The molecule has 0 saturated heterocycles. The fourth-order valence-corrected chi connectivity index (χ4v) is 4.63. The Labute approximate surface area is 181 Å². The molecule has 1 N–H and O–H groups in total. The second-order valence-corrected chi connectivity index (χ2v) is 8.23. The van der Waals surface area contributed by atoms with E-state index in [2.05, 4.69) is 121 Å². The number of hydrogen-bond donors (Lipinski definition) is 1. The topological polar surface area (TPSA) is 12.0 Å². The van der Waals surface area contributed by atoms with Gasteiger partial charge in [0.2, 0.25) is 0 Å². The molecule has 0 spiro atoms. The number of anilines is 2. The van der Waals surface area contributed by atoms with Crippen LogP contribution in [0.3, 0.4) is 0 Å². The number of rotatable bonds is 5. The van der Waals surface area contributed by atoms with E-state index < -0.39 is 0 Å². The summed E-state index contributed by atoms with van der Waals surface area (Å²) in [7, 11) is 0. The second kappa shape index (κ2) is 8.40. The molecular weight excluding hydrogens is 382 g/mol. The molecule has 0 atom stereocenters. The molecule has 0 aliphatic heterocycles. The molecular formula is C28H21NS. The lowest BCUT2D eigenvalue weighted by Crippen LogP contribution is -1.92. The maximum absolute atomic E-state index is 3.61. The smallest absolute Gasteiger partial charge is 0.0472 e. The van der Waals surface area contributed by atoms with E-state index in [0.717, 1.165) is 11.4 Å². The molecule has 1 nitrogen and oxygen atoms in total. The second-order valence-electron chi connectivity index (χ2n) is 7.14. The zero-order valence-corrected chi connectivity index (χ0v) is 17.3. The van der Waals surface area contributed by atoms with Crippen LogP contribution in [0.15, 0.2) is 121 Å². The summed E-state index contributed by atoms with van der Waals surface area (Å²) in [5.41, 5.74) is 7.14. The largest absolute Gasteiger partial charge is 0.355 e. The van der Waals surface area contributed by atoms with Gasteiger partial charge in [-0.3, -0.25) is 0 Å². The van der Waals surface area contributed by atoms with E-state index in [9.17, 15) is 0 Å². The van der Waals surface area contributed by atoms with Gasteiger partial charge in [-0.15, -0.1) is 11.3 Å². The van der Waals surface area contributed by atoms with Crippen molar-refractivity contribution in [3.63, 3.8) is 0 Å². The number of thiophene rings is 1. The lowest BCUT2D eigenvalue weighted by Gasteiger charge is -2.12. The Morgan fingerprint density at radius 3 is 1.73 bits per heavy atom. The van der Waals surface area contributed by atoms with E-state index in [-0.39, 0.29) is 0 Å². The van der Waals surface area contributed by atoms with Gasteiger partial charge in [0.15, 0.2) is 0 Å². The van der Waals surface area contributed by atoms with Gasteiger partial charge in [-0.1, -0.05) is 91.0 Å². The lowest BCUT2D eigenvalue weighted by atomic mass is 10.1. The summed E-state index contributed by atoms with van der Waals surface area (Å²) in [6, 6.07) is 42.6. The Kier molecular flexibility index (Phi) is 5.15. The van der Waals surface area contributed by atoms with E-state index >= 15 is 0 Å². The predicted molar refractivity (Wildman–Crippen MR) is 130 cm³/mol. The molecule has 0 unspecified atom stereocenters. The van der Waals surface area contributed by atoms with Crippen molar-refractivity contribution in [3.8, 4) is 32.0 Å². The minimum absolute atomic E-state index is 1.09. The zero-order valence-electron chi connectivity index (χ0n) is 16.5. The highest BCUT2D eigenvalue weighted by Crippen LogP contribution is 2.38. The van der Waals surface area contributed by atoms with E-state index in [1.807, 2.05) is 17.4 Å². The number of hydrogen-bond acceptors (Lipinski definition) is 2. The summed E-state index contributed by atoms with van der Waals surface area (Å²) in [5.74, 6) is 0. The summed E-state index contributed by atoms with van der Waals surface area (Å²) in [5, 5.41) is 3.61. The molecule has 0 radical (unpaired) electrons. The van der Waals surface area contributed by atoms with Crippen LogP contribution in [0.1, 0.15) is 0 Å². The Balaban J connectivity index is 1.41. The van der Waals surface area contributed by atoms with Crippen molar-refractivity contribution in [2.75, 3.05) is 5.32 Å². The van der Waals surface area contributed by atoms with Crippen molar-refractivity contribution < 1.29 is 0 Å². The molecule has 5 rings (SSSR count). The van der Waals surface area contributed by atoms with E-state index in [1.165, 1.54) is 32.0 Å². The monoisotopic (exact) mass is 403 g/mol. The average molecular weight is 404 g/mol. The third kappa shape index (κ3) is 3.91. The maximum Gasteiger partial charge on any atom is 0.0472 e. The first kappa shape index (κ1) is 18.4. The molecule has 0 bridgehead atoms. The van der Waals surface area contributed by atoms with Gasteiger partial charge in [-0.05, 0) is 47.0 Å². The van der Waals surface area contributed by atoms with Crippen molar-refractivity contribution in [1.29, 1.82) is 0 Å². The zero-order chi connectivity index (χ0) is 20.2. The molecule has 5 aromatic rings. The van der Waals surface area contributed by atoms with E-state index in [0.29, 0.717) is 0 Å². The normalized spacial score (nSPS) is 10.7. The third-order valence-electron chi connectivity index (χ3n) is 5.13.